The van der Waals surface area contributed by atoms with Gasteiger partial charge in [0.1, 0.15) is 0 Å². The Hall–Kier alpha value is -1.51. The summed E-state index contributed by atoms with van der Waals surface area (Å²) in [7, 11) is 0. The lowest BCUT2D eigenvalue weighted by atomic mass is 10.2. The Morgan fingerprint density at radius 1 is 0.800 bits per heavy atom. The monoisotopic (exact) mass is 286 g/mol. The molecule has 0 aliphatic carbocycles. The van der Waals surface area contributed by atoms with E-state index in [4.69, 9.17) is 11.6 Å². The maximum atomic E-state index is 6.27. The number of anilines is 1. The molecular weight excluding hydrogens is 268 g/mol. The van der Waals surface area contributed by atoms with Gasteiger partial charge in [-0.25, -0.2) is 0 Å². The summed E-state index contributed by atoms with van der Waals surface area (Å²) in [5, 5.41) is 0.851. The lowest BCUT2D eigenvalue weighted by Crippen LogP contribution is -2.46. The lowest BCUT2D eigenvalue weighted by molar-refractivity contribution is 0.250. The van der Waals surface area contributed by atoms with E-state index in [-0.39, 0.29) is 0 Å². The van der Waals surface area contributed by atoms with Crippen LogP contribution in [0.25, 0.3) is 0 Å². The highest BCUT2D eigenvalue weighted by Crippen LogP contribution is 2.26. The third-order valence-electron chi connectivity index (χ3n) is 3.81. The molecule has 0 radical (unpaired) electrons. The van der Waals surface area contributed by atoms with Gasteiger partial charge < -0.3 is 4.90 Å². The van der Waals surface area contributed by atoms with Crippen LogP contribution in [0.2, 0.25) is 5.02 Å². The van der Waals surface area contributed by atoms with Crippen LogP contribution in [0.5, 0.6) is 0 Å². The van der Waals surface area contributed by atoms with E-state index in [0.717, 1.165) is 43.4 Å². The number of rotatable bonds is 3. The quantitative estimate of drug-likeness (QED) is 0.850. The van der Waals surface area contributed by atoms with E-state index in [9.17, 15) is 0 Å². The van der Waals surface area contributed by atoms with Crippen LogP contribution in [0, 0.1) is 0 Å². The zero-order valence-corrected chi connectivity index (χ0v) is 12.3. The average molecular weight is 287 g/mol. The van der Waals surface area contributed by atoms with Crippen LogP contribution in [0.3, 0.4) is 0 Å². The Morgan fingerprint density at radius 2 is 1.45 bits per heavy atom. The Balaban J connectivity index is 1.59. The van der Waals surface area contributed by atoms with Gasteiger partial charge >= 0.3 is 0 Å². The fraction of sp³-hybridized carbons (Fsp3) is 0.294. The standard InChI is InChI=1S/C17H19ClN2/c18-16-8-4-5-9-17(16)20-12-10-19(11-13-20)14-15-6-2-1-3-7-15/h1-9H,10-14H2. The van der Waals surface area contributed by atoms with Crippen molar-refractivity contribution < 1.29 is 0 Å². The summed E-state index contributed by atoms with van der Waals surface area (Å²) >= 11 is 6.27. The largest absolute Gasteiger partial charge is 0.368 e. The topological polar surface area (TPSA) is 6.48 Å². The van der Waals surface area contributed by atoms with Crippen LogP contribution in [-0.2, 0) is 6.54 Å². The first-order valence-corrected chi connectivity index (χ1v) is 7.46. The summed E-state index contributed by atoms with van der Waals surface area (Å²) in [6.45, 7) is 5.28. The molecule has 1 fully saturated rings. The van der Waals surface area contributed by atoms with Gasteiger partial charge in [-0.1, -0.05) is 54.1 Å². The van der Waals surface area contributed by atoms with Crippen LogP contribution in [0.4, 0.5) is 5.69 Å². The Bertz CT molecular complexity index is 548. The summed E-state index contributed by atoms with van der Waals surface area (Å²) in [5.74, 6) is 0. The van der Waals surface area contributed by atoms with Crippen LogP contribution in [-0.4, -0.2) is 31.1 Å². The molecule has 0 unspecified atom stereocenters. The lowest BCUT2D eigenvalue weighted by Gasteiger charge is -2.36. The first kappa shape index (κ1) is 13.5. The predicted octanol–water partition coefficient (Wildman–Crippen LogP) is 3.66. The molecule has 0 amide bonds. The molecular formula is C17H19ClN2. The second kappa shape index (κ2) is 6.29. The van der Waals surface area contributed by atoms with Crippen LogP contribution in [0.1, 0.15) is 5.56 Å². The summed E-state index contributed by atoms with van der Waals surface area (Å²) in [4.78, 5) is 4.88. The average Bonchev–Trinajstić information content (AvgIpc) is 2.50. The van der Waals surface area contributed by atoms with Gasteiger partial charge in [0.15, 0.2) is 0 Å². The van der Waals surface area contributed by atoms with Crippen molar-refractivity contribution in [2.75, 3.05) is 31.1 Å². The second-order valence-electron chi connectivity index (χ2n) is 5.20. The molecule has 2 nitrogen and oxygen atoms in total. The van der Waals surface area contributed by atoms with Crippen molar-refractivity contribution >= 4 is 17.3 Å². The van der Waals surface area contributed by atoms with Crippen LogP contribution >= 0.6 is 11.6 Å². The third kappa shape index (κ3) is 3.14. The first-order chi connectivity index (χ1) is 9.83. The number of halogens is 1. The van der Waals surface area contributed by atoms with E-state index >= 15 is 0 Å². The van der Waals surface area contributed by atoms with Crippen molar-refractivity contribution in [1.29, 1.82) is 0 Å². The van der Waals surface area contributed by atoms with Gasteiger partial charge in [-0.2, -0.15) is 0 Å². The molecule has 3 heteroatoms. The van der Waals surface area contributed by atoms with Gasteiger partial charge in [0.25, 0.3) is 0 Å². The molecule has 0 aromatic heterocycles. The molecule has 0 bridgehead atoms. The number of hydrogen-bond donors (Lipinski definition) is 0. The molecule has 104 valence electrons. The van der Waals surface area contributed by atoms with E-state index in [1.165, 1.54) is 5.56 Å². The molecule has 0 saturated carbocycles. The van der Waals surface area contributed by atoms with Gasteiger partial charge in [0.2, 0.25) is 0 Å². The van der Waals surface area contributed by atoms with Crippen molar-refractivity contribution in [3.8, 4) is 0 Å². The van der Waals surface area contributed by atoms with E-state index < -0.39 is 0 Å². The maximum absolute atomic E-state index is 6.27. The molecule has 20 heavy (non-hydrogen) atoms. The number of hydrogen-bond acceptors (Lipinski definition) is 2. The zero-order valence-electron chi connectivity index (χ0n) is 11.5. The van der Waals surface area contributed by atoms with E-state index in [0.29, 0.717) is 0 Å². The molecule has 1 aliphatic heterocycles. The molecule has 0 atom stereocenters. The second-order valence-corrected chi connectivity index (χ2v) is 5.61. The molecule has 2 aromatic carbocycles. The van der Waals surface area contributed by atoms with Crippen LogP contribution < -0.4 is 4.90 Å². The van der Waals surface area contributed by atoms with Gasteiger partial charge in [0.05, 0.1) is 10.7 Å². The Labute approximate surface area is 125 Å². The zero-order chi connectivity index (χ0) is 13.8. The fourth-order valence-electron chi connectivity index (χ4n) is 2.70. The smallest absolute Gasteiger partial charge is 0.0639 e. The highest BCUT2D eigenvalue weighted by molar-refractivity contribution is 6.33. The van der Waals surface area contributed by atoms with E-state index in [2.05, 4.69) is 52.3 Å². The molecule has 1 aliphatic rings. The third-order valence-corrected chi connectivity index (χ3v) is 4.13. The van der Waals surface area contributed by atoms with Crippen molar-refractivity contribution in [3.63, 3.8) is 0 Å². The van der Waals surface area contributed by atoms with E-state index in [1.807, 2.05) is 12.1 Å². The minimum Gasteiger partial charge on any atom is -0.368 e. The number of benzene rings is 2. The fourth-order valence-corrected chi connectivity index (χ4v) is 2.95. The number of piperazine rings is 1. The van der Waals surface area contributed by atoms with Gasteiger partial charge in [-0.05, 0) is 17.7 Å². The Kier molecular flexibility index (Phi) is 4.24. The molecule has 0 N–H and O–H groups in total. The minimum absolute atomic E-state index is 0.851. The predicted molar refractivity (Wildman–Crippen MR) is 85.4 cm³/mol. The Morgan fingerprint density at radius 3 is 2.15 bits per heavy atom. The summed E-state index contributed by atoms with van der Waals surface area (Å²) in [6, 6.07) is 18.8. The van der Waals surface area contributed by atoms with Crippen molar-refractivity contribution in [1.82, 2.24) is 4.90 Å². The van der Waals surface area contributed by atoms with Gasteiger partial charge in [-0.15, -0.1) is 0 Å². The molecule has 0 spiro atoms. The normalized spacial score (nSPS) is 16.4. The highest BCUT2D eigenvalue weighted by Gasteiger charge is 2.18. The minimum atomic E-state index is 0.851. The number of nitrogens with zero attached hydrogens (tertiary/aromatic N) is 2. The summed E-state index contributed by atoms with van der Waals surface area (Å²) in [6.07, 6.45) is 0. The van der Waals surface area contributed by atoms with Gasteiger partial charge in [0, 0.05) is 32.7 Å². The highest BCUT2D eigenvalue weighted by atomic mass is 35.5. The molecule has 3 rings (SSSR count). The van der Waals surface area contributed by atoms with Gasteiger partial charge in [-0.3, -0.25) is 4.90 Å². The van der Waals surface area contributed by atoms with Crippen molar-refractivity contribution in [3.05, 3.63) is 65.2 Å². The first-order valence-electron chi connectivity index (χ1n) is 7.09. The maximum Gasteiger partial charge on any atom is 0.0639 e. The molecule has 2 aromatic rings. The molecule has 1 heterocycles. The number of para-hydroxylation sites is 1. The summed E-state index contributed by atoms with van der Waals surface area (Å²) < 4.78 is 0. The van der Waals surface area contributed by atoms with Crippen LogP contribution in [0.15, 0.2) is 54.6 Å². The van der Waals surface area contributed by atoms with E-state index in [1.54, 1.807) is 0 Å². The van der Waals surface area contributed by atoms with Crippen molar-refractivity contribution in [2.45, 2.75) is 6.54 Å². The van der Waals surface area contributed by atoms with Crippen molar-refractivity contribution in [2.24, 2.45) is 0 Å². The summed E-state index contributed by atoms with van der Waals surface area (Å²) in [5.41, 5.74) is 2.55. The molecule has 1 saturated heterocycles. The SMILES string of the molecule is Clc1ccccc1N1CCN(Cc2ccccc2)CC1.